The van der Waals surface area contributed by atoms with E-state index in [1.807, 2.05) is 0 Å². The maximum absolute atomic E-state index is 13.0. The molecule has 2 heterocycles. The van der Waals surface area contributed by atoms with Gasteiger partial charge in [0.15, 0.2) is 16.4 Å². The van der Waals surface area contributed by atoms with Crippen molar-refractivity contribution in [1.82, 2.24) is 9.21 Å². The SMILES string of the molecule is O=C(COc1ccc(S(=O)(=O)N2CCOCC2)cc1)N(C1CCCC1)C1CCS(=O)(=O)C1. The van der Waals surface area contributed by atoms with Gasteiger partial charge < -0.3 is 14.4 Å². The zero-order valence-electron chi connectivity index (χ0n) is 18.0. The number of hydrogen-bond donors (Lipinski definition) is 0. The van der Waals surface area contributed by atoms with Crippen LogP contribution in [-0.4, -0.2) is 88.4 Å². The van der Waals surface area contributed by atoms with E-state index in [1.165, 1.54) is 16.4 Å². The summed E-state index contributed by atoms with van der Waals surface area (Å²) in [6, 6.07) is 5.80. The summed E-state index contributed by atoms with van der Waals surface area (Å²) >= 11 is 0. The lowest BCUT2D eigenvalue weighted by atomic mass is 10.1. The van der Waals surface area contributed by atoms with Crippen molar-refractivity contribution in [2.24, 2.45) is 0 Å². The molecule has 2 saturated heterocycles. The first-order valence-electron chi connectivity index (χ1n) is 11.1. The van der Waals surface area contributed by atoms with E-state index in [-0.39, 0.29) is 41.0 Å². The minimum absolute atomic E-state index is 0.0172. The van der Waals surface area contributed by atoms with Gasteiger partial charge in [-0.2, -0.15) is 4.31 Å². The molecule has 1 amide bonds. The first kappa shape index (κ1) is 23.5. The fraction of sp³-hybridized carbons (Fsp3) is 0.667. The molecule has 0 radical (unpaired) electrons. The summed E-state index contributed by atoms with van der Waals surface area (Å²) in [7, 11) is -6.69. The molecule has 1 aromatic rings. The van der Waals surface area contributed by atoms with E-state index in [2.05, 4.69) is 0 Å². The second-order valence-electron chi connectivity index (χ2n) is 8.57. The van der Waals surface area contributed by atoms with Crippen LogP contribution in [0.5, 0.6) is 5.75 Å². The highest BCUT2D eigenvalue weighted by Crippen LogP contribution is 2.29. The Hall–Kier alpha value is -1.69. The van der Waals surface area contributed by atoms with Gasteiger partial charge in [-0.1, -0.05) is 12.8 Å². The van der Waals surface area contributed by atoms with Crippen molar-refractivity contribution in [1.29, 1.82) is 0 Å². The monoisotopic (exact) mass is 486 g/mol. The number of carbonyl (C=O) groups is 1. The molecule has 0 spiro atoms. The fourth-order valence-electron chi connectivity index (χ4n) is 4.75. The molecule has 0 aromatic heterocycles. The number of morpholine rings is 1. The van der Waals surface area contributed by atoms with Gasteiger partial charge in [0, 0.05) is 25.2 Å². The second kappa shape index (κ2) is 9.66. The van der Waals surface area contributed by atoms with Gasteiger partial charge in [-0.15, -0.1) is 0 Å². The van der Waals surface area contributed by atoms with Crippen LogP contribution in [0.15, 0.2) is 29.2 Å². The molecule has 3 fully saturated rings. The Kier molecular flexibility index (Phi) is 7.09. The summed E-state index contributed by atoms with van der Waals surface area (Å²) in [5, 5.41) is 0. The molecular formula is C21H30N2O7S2. The fourth-order valence-corrected chi connectivity index (χ4v) is 7.87. The largest absolute Gasteiger partial charge is 0.484 e. The van der Waals surface area contributed by atoms with Gasteiger partial charge in [-0.3, -0.25) is 4.79 Å². The summed E-state index contributed by atoms with van der Waals surface area (Å²) in [6.07, 6.45) is 4.31. The molecule has 3 aliphatic rings. The number of benzene rings is 1. The third-order valence-corrected chi connectivity index (χ3v) is 10.1. The number of sulfone groups is 1. The predicted octanol–water partition coefficient (Wildman–Crippen LogP) is 1.04. The van der Waals surface area contributed by atoms with Crippen LogP contribution in [0.1, 0.15) is 32.1 Å². The van der Waals surface area contributed by atoms with Crippen molar-refractivity contribution in [3.8, 4) is 5.75 Å². The van der Waals surface area contributed by atoms with Gasteiger partial charge in [0.05, 0.1) is 29.6 Å². The van der Waals surface area contributed by atoms with Crippen LogP contribution in [0, 0.1) is 0 Å². The molecule has 0 bridgehead atoms. The average molecular weight is 487 g/mol. The van der Waals surface area contributed by atoms with Crippen LogP contribution in [-0.2, 0) is 29.4 Å². The first-order valence-corrected chi connectivity index (χ1v) is 14.3. The van der Waals surface area contributed by atoms with Gasteiger partial charge >= 0.3 is 0 Å². The molecule has 178 valence electrons. The molecule has 1 atom stereocenters. The zero-order valence-corrected chi connectivity index (χ0v) is 19.7. The van der Waals surface area contributed by atoms with Gasteiger partial charge in [-0.25, -0.2) is 16.8 Å². The molecule has 1 unspecified atom stereocenters. The molecule has 11 heteroatoms. The van der Waals surface area contributed by atoms with E-state index >= 15 is 0 Å². The highest BCUT2D eigenvalue weighted by atomic mass is 32.2. The summed E-state index contributed by atoms with van der Waals surface area (Å²) < 4.78 is 61.6. The molecule has 0 N–H and O–H groups in total. The Bertz CT molecular complexity index is 1010. The van der Waals surface area contributed by atoms with E-state index < -0.39 is 19.9 Å². The van der Waals surface area contributed by atoms with Gasteiger partial charge in [-0.05, 0) is 43.5 Å². The minimum Gasteiger partial charge on any atom is -0.484 e. The van der Waals surface area contributed by atoms with E-state index in [0.29, 0.717) is 38.5 Å². The van der Waals surface area contributed by atoms with Crippen LogP contribution in [0.2, 0.25) is 0 Å². The van der Waals surface area contributed by atoms with Crippen molar-refractivity contribution in [2.45, 2.75) is 49.1 Å². The smallest absolute Gasteiger partial charge is 0.261 e. The number of ether oxygens (including phenoxy) is 2. The Morgan fingerprint density at radius 3 is 2.31 bits per heavy atom. The molecule has 1 aliphatic carbocycles. The summed E-state index contributed by atoms with van der Waals surface area (Å²) in [4.78, 5) is 14.9. The molecular weight excluding hydrogens is 456 g/mol. The second-order valence-corrected chi connectivity index (χ2v) is 12.7. The van der Waals surface area contributed by atoms with E-state index in [0.717, 1.165) is 25.7 Å². The Balaban J connectivity index is 1.40. The summed E-state index contributed by atoms with van der Waals surface area (Å²) in [5.41, 5.74) is 0. The summed E-state index contributed by atoms with van der Waals surface area (Å²) in [6.45, 7) is 1.19. The minimum atomic E-state index is -3.59. The van der Waals surface area contributed by atoms with Gasteiger partial charge in [0.25, 0.3) is 5.91 Å². The number of hydrogen-bond acceptors (Lipinski definition) is 7. The summed E-state index contributed by atoms with van der Waals surface area (Å²) in [5.74, 6) is 0.311. The lowest BCUT2D eigenvalue weighted by Crippen LogP contribution is -2.48. The van der Waals surface area contributed by atoms with Crippen molar-refractivity contribution in [3.63, 3.8) is 0 Å². The van der Waals surface area contributed by atoms with E-state index in [1.54, 1.807) is 17.0 Å². The third-order valence-electron chi connectivity index (χ3n) is 6.40. The highest BCUT2D eigenvalue weighted by Gasteiger charge is 2.39. The van der Waals surface area contributed by atoms with Crippen LogP contribution < -0.4 is 4.74 Å². The Morgan fingerprint density at radius 2 is 1.72 bits per heavy atom. The molecule has 1 aromatic carbocycles. The maximum Gasteiger partial charge on any atom is 0.261 e. The molecule has 2 aliphatic heterocycles. The van der Waals surface area contributed by atoms with Gasteiger partial charge in [0.1, 0.15) is 5.75 Å². The van der Waals surface area contributed by atoms with Crippen molar-refractivity contribution in [3.05, 3.63) is 24.3 Å². The number of amides is 1. The number of rotatable bonds is 7. The maximum atomic E-state index is 13.0. The molecule has 4 rings (SSSR count). The van der Waals surface area contributed by atoms with Crippen LogP contribution in [0.4, 0.5) is 0 Å². The molecule has 9 nitrogen and oxygen atoms in total. The number of nitrogens with zero attached hydrogens (tertiary/aromatic N) is 2. The zero-order chi connectivity index (χ0) is 22.8. The standard InChI is InChI=1S/C21H30N2O7S2/c24-21(23(17-3-1-2-4-17)18-9-14-31(25,26)16-18)15-30-19-5-7-20(8-6-19)32(27,28)22-10-12-29-13-11-22/h5-8,17-18H,1-4,9-16H2. The third kappa shape index (κ3) is 5.27. The quantitative estimate of drug-likeness (QED) is 0.566. The van der Waals surface area contributed by atoms with Crippen molar-refractivity contribution >= 4 is 25.8 Å². The predicted molar refractivity (Wildman–Crippen MR) is 118 cm³/mol. The normalized spacial score (nSPS) is 24.4. The van der Waals surface area contributed by atoms with Crippen LogP contribution in [0.3, 0.4) is 0 Å². The van der Waals surface area contributed by atoms with E-state index in [9.17, 15) is 21.6 Å². The first-order chi connectivity index (χ1) is 15.3. The lowest BCUT2D eigenvalue weighted by Gasteiger charge is -2.34. The number of carbonyl (C=O) groups excluding carboxylic acids is 1. The number of sulfonamides is 1. The van der Waals surface area contributed by atoms with E-state index in [4.69, 9.17) is 9.47 Å². The Morgan fingerprint density at radius 1 is 1.06 bits per heavy atom. The Labute approximate surface area is 189 Å². The average Bonchev–Trinajstić information content (AvgIpc) is 3.43. The van der Waals surface area contributed by atoms with Crippen LogP contribution >= 0.6 is 0 Å². The van der Waals surface area contributed by atoms with Gasteiger partial charge in [0.2, 0.25) is 10.0 Å². The highest BCUT2D eigenvalue weighted by molar-refractivity contribution is 7.91. The lowest BCUT2D eigenvalue weighted by molar-refractivity contribution is -0.137. The molecule has 1 saturated carbocycles. The van der Waals surface area contributed by atoms with Crippen LogP contribution in [0.25, 0.3) is 0 Å². The topological polar surface area (TPSA) is 110 Å². The van der Waals surface area contributed by atoms with Crippen molar-refractivity contribution < 1.29 is 31.1 Å². The van der Waals surface area contributed by atoms with Crippen molar-refractivity contribution in [2.75, 3.05) is 44.4 Å². The molecule has 32 heavy (non-hydrogen) atoms.